The molecule has 152 valence electrons. The van der Waals surface area contributed by atoms with Gasteiger partial charge in [0.05, 0.1) is 12.2 Å². The zero-order valence-corrected chi connectivity index (χ0v) is 17.4. The Morgan fingerprint density at radius 3 is 2.70 bits per heavy atom. The molecular formula is C20H16BrFN6O2. The first kappa shape index (κ1) is 19.9. The van der Waals surface area contributed by atoms with Crippen molar-refractivity contribution in [1.82, 2.24) is 24.5 Å². The number of amides is 1. The van der Waals surface area contributed by atoms with Gasteiger partial charge in [0.15, 0.2) is 11.2 Å². The van der Waals surface area contributed by atoms with E-state index >= 15 is 0 Å². The molecule has 1 amide bonds. The third kappa shape index (κ3) is 4.13. The maximum Gasteiger partial charge on any atom is 0.283 e. The summed E-state index contributed by atoms with van der Waals surface area (Å²) in [6, 6.07) is 12.2. The van der Waals surface area contributed by atoms with Crippen molar-refractivity contribution < 1.29 is 9.18 Å². The van der Waals surface area contributed by atoms with Gasteiger partial charge in [0.1, 0.15) is 18.7 Å². The first-order valence-corrected chi connectivity index (χ1v) is 9.79. The summed E-state index contributed by atoms with van der Waals surface area (Å²) >= 11 is 3.15. The number of carbonyl (C=O) groups excluding carboxylic acids is 1. The van der Waals surface area contributed by atoms with Crippen molar-refractivity contribution in [2.24, 2.45) is 0 Å². The molecule has 4 aromatic rings. The normalized spacial score (nSPS) is 11.0. The van der Waals surface area contributed by atoms with Crippen LogP contribution in [0.25, 0.3) is 11.2 Å². The Hall–Kier alpha value is -3.40. The molecule has 0 aliphatic carbocycles. The number of anilines is 1. The lowest BCUT2D eigenvalue weighted by atomic mass is 10.1. The van der Waals surface area contributed by atoms with Crippen LogP contribution in [-0.2, 0) is 17.9 Å². The highest BCUT2D eigenvalue weighted by molar-refractivity contribution is 9.10. The number of benzene rings is 2. The van der Waals surface area contributed by atoms with Crippen molar-refractivity contribution in [1.29, 1.82) is 0 Å². The van der Waals surface area contributed by atoms with Gasteiger partial charge in [-0.2, -0.15) is 0 Å². The highest BCUT2D eigenvalue weighted by Gasteiger charge is 2.15. The number of hydrogen-bond acceptors (Lipinski definition) is 5. The van der Waals surface area contributed by atoms with Crippen LogP contribution in [0.15, 0.2) is 58.1 Å². The molecule has 0 radical (unpaired) electrons. The average Bonchev–Trinajstić information content (AvgIpc) is 3.11. The standard InChI is InChI=1S/C20H16BrFN6O2/c1-12-2-4-13(5-3-12)9-28-19-18(25-26-28)20(30)27(11-23-19)10-17(29)24-16-7-6-14(21)8-15(16)22/h2-8,11H,9-10H2,1H3,(H,24,29). The lowest BCUT2D eigenvalue weighted by Gasteiger charge is -2.08. The molecule has 0 saturated carbocycles. The summed E-state index contributed by atoms with van der Waals surface area (Å²) in [5.41, 5.74) is 2.05. The molecule has 0 aliphatic heterocycles. The number of hydrogen-bond donors (Lipinski definition) is 1. The van der Waals surface area contributed by atoms with E-state index in [1.165, 1.54) is 23.1 Å². The smallest absolute Gasteiger partial charge is 0.283 e. The topological polar surface area (TPSA) is 94.7 Å². The number of aryl methyl sites for hydroxylation is 1. The lowest BCUT2D eigenvalue weighted by molar-refractivity contribution is -0.116. The van der Waals surface area contributed by atoms with E-state index in [1.807, 2.05) is 31.2 Å². The number of halogens is 2. The Morgan fingerprint density at radius 1 is 1.20 bits per heavy atom. The third-order valence-corrected chi connectivity index (χ3v) is 4.96. The van der Waals surface area contributed by atoms with Crippen molar-refractivity contribution in [3.63, 3.8) is 0 Å². The van der Waals surface area contributed by atoms with Gasteiger partial charge >= 0.3 is 0 Å². The average molecular weight is 471 g/mol. The lowest BCUT2D eigenvalue weighted by Crippen LogP contribution is -2.28. The molecule has 0 saturated heterocycles. The molecule has 10 heteroatoms. The Morgan fingerprint density at radius 2 is 1.97 bits per heavy atom. The van der Waals surface area contributed by atoms with Gasteiger partial charge in [-0.05, 0) is 30.7 Å². The quantitative estimate of drug-likeness (QED) is 0.483. The van der Waals surface area contributed by atoms with Gasteiger partial charge in [-0.1, -0.05) is 51.0 Å². The summed E-state index contributed by atoms with van der Waals surface area (Å²) in [6.07, 6.45) is 1.26. The van der Waals surface area contributed by atoms with Gasteiger partial charge in [-0.25, -0.2) is 14.1 Å². The van der Waals surface area contributed by atoms with Crippen molar-refractivity contribution in [3.8, 4) is 0 Å². The Labute approximate surface area is 178 Å². The largest absolute Gasteiger partial charge is 0.322 e. The fourth-order valence-electron chi connectivity index (χ4n) is 2.91. The van der Waals surface area contributed by atoms with Crippen LogP contribution in [0.2, 0.25) is 0 Å². The number of nitrogens with one attached hydrogen (secondary N) is 1. The van der Waals surface area contributed by atoms with E-state index in [1.54, 1.807) is 6.07 Å². The Balaban J connectivity index is 1.54. The van der Waals surface area contributed by atoms with Crippen LogP contribution >= 0.6 is 15.9 Å². The van der Waals surface area contributed by atoms with Crippen LogP contribution in [0.1, 0.15) is 11.1 Å². The van der Waals surface area contributed by atoms with Gasteiger partial charge in [-0.15, -0.1) is 5.10 Å². The maximum atomic E-state index is 13.9. The highest BCUT2D eigenvalue weighted by atomic mass is 79.9. The first-order valence-electron chi connectivity index (χ1n) is 9.00. The summed E-state index contributed by atoms with van der Waals surface area (Å²) in [7, 11) is 0. The number of fused-ring (bicyclic) bond motifs is 1. The molecule has 0 bridgehead atoms. The van der Waals surface area contributed by atoms with Crippen LogP contribution in [0.3, 0.4) is 0 Å². The Kier molecular flexibility index (Phi) is 5.40. The third-order valence-electron chi connectivity index (χ3n) is 4.46. The van der Waals surface area contributed by atoms with E-state index < -0.39 is 17.3 Å². The van der Waals surface area contributed by atoms with Crippen LogP contribution in [0.4, 0.5) is 10.1 Å². The van der Waals surface area contributed by atoms with Gasteiger partial charge in [0.2, 0.25) is 5.91 Å². The Bertz CT molecular complexity index is 1300. The molecule has 0 aliphatic rings. The molecule has 8 nitrogen and oxygen atoms in total. The van der Waals surface area contributed by atoms with E-state index in [0.29, 0.717) is 16.7 Å². The molecule has 30 heavy (non-hydrogen) atoms. The predicted octanol–water partition coefficient (Wildman–Crippen LogP) is 2.89. The molecule has 1 N–H and O–H groups in total. The van der Waals surface area contributed by atoms with E-state index in [9.17, 15) is 14.0 Å². The molecule has 2 aromatic carbocycles. The minimum Gasteiger partial charge on any atom is -0.322 e. The second-order valence-electron chi connectivity index (χ2n) is 6.75. The zero-order valence-electron chi connectivity index (χ0n) is 15.8. The van der Waals surface area contributed by atoms with Crippen LogP contribution in [0, 0.1) is 12.7 Å². The van der Waals surface area contributed by atoms with Crippen molar-refractivity contribution in [3.05, 3.63) is 80.6 Å². The van der Waals surface area contributed by atoms with E-state index in [2.05, 4.69) is 36.5 Å². The van der Waals surface area contributed by atoms with Gasteiger partial charge in [0.25, 0.3) is 5.56 Å². The maximum absolute atomic E-state index is 13.9. The fraction of sp³-hybridized carbons (Fsp3) is 0.150. The van der Waals surface area contributed by atoms with Gasteiger partial charge in [0, 0.05) is 4.47 Å². The van der Waals surface area contributed by atoms with E-state index in [0.717, 1.165) is 15.7 Å². The molecule has 4 rings (SSSR count). The number of rotatable bonds is 5. The molecule has 0 atom stereocenters. The summed E-state index contributed by atoms with van der Waals surface area (Å²) in [4.78, 5) is 29.2. The number of carbonyl (C=O) groups is 1. The highest BCUT2D eigenvalue weighted by Crippen LogP contribution is 2.19. The molecule has 0 spiro atoms. The zero-order chi connectivity index (χ0) is 21.3. The minimum absolute atomic E-state index is 0.0225. The van der Waals surface area contributed by atoms with Gasteiger partial charge < -0.3 is 5.32 Å². The second kappa shape index (κ2) is 8.15. The van der Waals surface area contributed by atoms with E-state index in [4.69, 9.17) is 0 Å². The van der Waals surface area contributed by atoms with Gasteiger partial charge in [-0.3, -0.25) is 14.2 Å². The van der Waals surface area contributed by atoms with Crippen LogP contribution < -0.4 is 10.9 Å². The number of aromatic nitrogens is 5. The summed E-state index contributed by atoms with van der Waals surface area (Å²) in [6.45, 7) is 2.08. The van der Waals surface area contributed by atoms with Crippen molar-refractivity contribution in [2.75, 3.05) is 5.32 Å². The first-order chi connectivity index (χ1) is 14.4. The van der Waals surface area contributed by atoms with Crippen molar-refractivity contribution >= 4 is 38.7 Å². The van der Waals surface area contributed by atoms with E-state index in [-0.39, 0.29) is 17.7 Å². The molecular weight excluding hydrogens is 455 g/mol. The molecule has 0 fully saturated rings. The second-order valence-corrected chi connectivity index (χ2v) is 7.67. The number of nitrogens with zero attached hydrogens (tertiary/aromatic N) is 5. The molecule has 0 unspecified atom stereocenters. The van der Waals surface area contributed by atoms with Crippen molar-refractivity contribution in [2.45, 2.75) is 20.0 Å². The van der Waals surface area contributed by atoms with Crippen LogP contribution in [0.5, 0.6) is 0 Å². The SMILES string of the molecule is Cc1ccc(Cn2nnc3c(=O)n(CC(=O)Nc4ccc(Br)cc4F)cnc32)cc1. The predicted molar refractivity (Wildman–Crippen MR) is 113 cm³/mol. The molecule has 2 heterocycles. The molecule has 2 aromatic heterocycles. The fourth-order valence-corrected chi connectivity index (χ4v) is 3.24. The summed E-state index contributed by atoms with van der Waals surface area (Å²) < 4.78 is 17.1. The van der Waals surface area contributed by atoms with Crippen LogP contribution in [-0.4, -0.2) is 30.5 Å². The summed E-state index contributed by atoms with van der Waals surface area (Å²) in [5.74, 6) is -1.15. The monoisotopic (exact) mass is 470 g/mol. The minimum atomic E-state index is -0.585. The summed E-state index contributed by atoms with van der Waals surface area (Å²) in [5, 5.41) is 10.4.